The van der Waals surface area contributed by atoms with E-state index >= 15 is 0 Å². The van der Waals surface area contributed by atoms with Gasteiger partial charge in [0.15, 0.2) is 0 Å². The van der Waals surface area contributed by atoms with Crippen molar-refractivity contribution in [2.24, 2.45) is 0 Å². The summed E-state index contributed by atoms with van der Waals surface area (Å²) in [6.07, 6.45) is 3.53. The topological polar surface area (TPSA) is 24.1 Å². The maximum Gasteiger partial charge on any atom is 0.0177 e. The molecule has 0 fully saturated rings. The van der Waals surface area contributed by atoms with E-state index in [1.165, 1.54) is 12.0 Å². The summed E-state index contributed by atoms with van der Waals surface area (Å²) in [5.41, 5.74) is 1.51. The molecule has 0 spiro atoms. The number of likely N-dealkylation sites (N-methyl/N-ethyl adjacent to an activating group) is 1. The third kappa shape index (κ3) is 2.50. The van der Waals surface area contributed by atoms with Crippen molar-refractivity contribution in [1.29, 1.82) is 0 Å². The van der Waals surface area contributed by atoms with Crippen molar-refractivity contribution in [3.63, 3.8) is 0 Å². The van der Waals surface area contributed by atoms with E-state index in [9.17, 15) is 0 Å². The van der Waals surface area contributed by atoms with Crippen LogP contribution in [0.3, 0.4) is 0 Å². The van der Waals surface area contributed by atoms with Crippen LogP contribution >= 0.6 is 0 Å². The Labute approximate surface area is 62.7 Å². The molecule has 0 aromatic carbocycles. The summed E-state index contributed by atoms with van der Waals surface area (Å²) in [6.45, 7) is 6.49. The molecule has 1 aliphatic rings. The molecule has 0 radical (unpaired) electrons. The molecule has 2 heteroatoms. The first-order valence-corrected chi connectivity index (χ1v) is 4.03. The average molecular weight is 140 g/mol. The minimum Gasteiger partial charge on any atom is -0.313 e. The van der Waals surface area contributed by atoms with Crippen LogP contribution in [0, 0.1) is 0 Å². The summed E-state index contributed by atoms with van der Waals surface area (Å²) in [4.78, 5) is 0. The van der Waals surface area contributed by atoms with E-state index in [1.807, 2.05) is 0 Å². The van der Waals surface area contributed by atoms with E-state index in [0.717, 1.165) is 26.2 Å². The van der Waals surface area contributed by atoms with E-state index in [-0.39, 0.29) is 0 Å². The van der Waals surface area contributed by atoms with Gasteiger partial charge in [-0.3, -0.25) is 0 Å². The predicted molar refractivity (Wildman–Crippen MR) is 44.1 cm³/mol. The highest BCUT2D eigenvalue weighted by atomic mass is 14.9. The van der Waals surface area contributed by atoms with Gasteiger partial charge in [-0.15, -0.1) is 0 Å². The highest BCUT2D eigenvalue weighted by Gasteiger charge is 1.99. The molecule has 1 aliphatic heterocycles. The first kappa shape index (κ1) is 7.76. The van der Waals surface area contributed by atoms with Crippen molar-refractivity contribution in [2.45, 2.75) is 13.3 Å². The molecular weight excluding hydrogens is 124 g/mol. The summed E-state index contributed by atoms with van der Waals surface area (Å²) < 4.78 is 0. The fourth-order valence-corrected chi connectivity index (χ4v) is 1.12. The van der Waals surface area contributed by atoms with Crippen LogP contribution in [0.15, 0.2) is 11.6 Å². The van der Waals surface area contributed by atoms with Gasteiger partial charge in [0.1, 0.15) is 0 Å². The summed E-state index contributed by atoms with van der Waals surface area (Å²) in [7, 11) is 0. The maximum absolute atomic E-state index is 3.34. The highest BCUT2D eigenvalue weighted by Crippen LogP contribution is 1.98. The van der Waals surface area contributed by atoms with Crippen LogP contribution < -0.4 is 10.6 Å². The minimum absolute atomic E-state index is 1.06. The summed E-state index contributed by atoms with van der Waals surface area (Å²) in [5.74, 6) is 0. The van der Waals surface area contributed by atoms with E-state index in [2.05, 4.69) is 23.6 Å². The maximum atomic E-state index is 3.34. The fourth-order valence-electron chi connectivity index (χ4n) is 1.12. The second-order valence-corrected chi connectivity index (χ2v) is 2.61. The Balaban J connectivity index is 2.18. The van der Waals surface area contributed by atoms with Gasteiger partial charge in [-0.2, -0.15) is 0 Å². The molecule has 0 aromatic heterocycles. The zero-order chi connectivity index (χ0) is 7.23. The Bertz CT molecular complexity index is 118. The molecule has 0 atom stereocenters. The highest BCUT2D eigenvalue weighted by molar-refractivity contribution is 5.08. The zero-order valence-electron chi connectivity index (χ0n) is 6.61. The zero-order valence-corrected chi connectivity index (χ0v) is 6.61. The van der Waals surface area contributed by atoms with Gasteiger partial charge in [-0.05, 0) is 25.1 Å². The lowest BCUT2D eigenvalue weighted by Gasteiger charge is -2.13. The van der Waals surface area contributed by atoms with Gasteiger partial charge < -0.3 is 10.6 Å². The second kappa shape index (κ2) is 4.47. The molecule has 0 saturated heterocycles. The molecule has 1 rings (SSSR count). The number of hydrogen-bond donors (Lipinski definition) is 2. The fraction of sp³-hybridized carbons (Fsp3) is 0.750. The first-order valence-electron chi connectivity index (χ1n) is 4.03. The first-order chi connectivity index (χ1) is 4.93. The van der Waals surface area contributed by atoms with Crippen molar-refractivity contribution in [3.05, 3.63) is 11.6 Å². The Morgan fingerprint density at radius 2 is 2.60 bits per heavy atom. The molecule has 0 bridgehead atoms. The van der Waals surface area contributed by atoms with Gasteiger partial charge in [-0.1, -0.05) is 13.0 Å². The van der Waals surface area contributed by atoms with Gasteiger partial charge in [-0.25, -0.2) is 0 Å². The Morgan fingerprint density at radius 3 is 3.20 bits per heavy atom. The third-order valence-electron chi connectivity index (χ3n) is 1.71. The Hall–Kier alpha value is -0.340. The molecule has 2 N–H and O–H groups in total. The van der Waals surface area contributed by atoms with Crippen LogP contribution in [0.4, 0.5) is 0 Å². The SMILES string of the molecule is CCNCC1=CCCNC1. The van der Waals surface area contributed by atoms with Gasteiger partial charge in [0.05, 0.1) is 0 Å². The van der Waals surface area contributed by atoms with Gasteiger partial charge >= 0.3 is 0 Å². The molecule has 0 aromatic rings. The van der Waals surface area contributed by atoms with Crippen LogP contribution in [0.25, 0.3) is 0 Å². The van der Waals surface area contributed by atoms with Crippen LogP contribution in [0.2, 0.25) is 0 Å². The van der Waals surface area contributed by atoms with Crippen LogP contribution in [-0.2, 0) is 0 Å². The van der Waals surface area contributed by atoms with Gasteiger partial charge in [0.25, 0.3) is 0 Å². The normalized spacial score (nSPS) is 18.7. The molecule has 0 unspecified atom stereocenters. The number of rotatable bonds is 3. The minimum atomic E-state index is 1.06. The van der Waals surface area contributed by atoms with Crippen molar-refractivity contribution < 1.29 is 0 Å². The lowest BCUT2D eigenvalue weighted by atomic mass is 10.1. The molecule has 58 valence electrons. The van der Waals surface area contributed by atoms with Crippen LogP contribution in [0.1, 0.15) is 13.3 Å². The lowest BCUT2D eigenvalue weighted by Crippen LogP contribution is -2.28. The molecule has 10 heavy (non-hydrogen) atoms. The predicted octanol–water partition coefficient (Wildman–Crippen LogP) is 0.516. The van der Waals surface area contributed by atoms with Crippen LogP contribution in [-0.4, -0.2) is 26.2 Å². The number of nitrogens with one attached hydrogen (secondary N) is 2. The standard InChI is InChI=1S/C8H16N2/c1-2-9-6-8-4-3-5-10-7-8/h4,9-10H,2-3,5-7H2,1H3. The Kier molecular flexibility index (Phi) is 3.47. The third-order valence-corrected chi connectivity index (χ3v) is 1.71. The summed E-state index contributed by atoms with van der Waals surface area (Å²) >= 11 is 0. The molecule has 1 heterocycles. The molecule has 0 aliphatic carbocycles. The average Bonchev–Trinajstić information content (AvgIpc) is 2.03. The molecule has 0 amide bonds. The van der Waals surface area contributed by atoms with E-state index in [4.69, 9.17) is 0 Å². The molecule has 2 nitrogen and oxygen atoms in total. The summed E-state index contributed by atoms with van der Waals surface area (Å²) in [6, 6.07) is 0. The van der Waals surface area contributed by atoms with E-state index < -0.39 is 0 Å². The monoisotopic (exact) mass is 140 g/mol. The Morgan fingerprint density at radius 1 is 1.70 bits per heavy atom. The lowest BCUT2D eigenvalue weighted by molar-refractivity contribution is 0.662. The van der Waals surface area contributed by atoms with Crippen molar-refractivity contribution in [2.75, 3.05) is 26.2 Å². The number of hydrogen-bond acceptors (Lipinski definition) is 2. The summed E-state index contributed by atoms with van der Waals surface area (Å²) in [5, 5.41) is 6.65. The van der Waals surface area contributed by atoms with E-state index in [1.54, 1.807) is 0 Å². The molecule has 0 saturated carbocycles. The van der Waals surface area contributed by atoms with Crippen LogP contribution in [0.5, 0.6) is 0 Å². The van der Waals surface area contributed by atoms with E-state index in [0.29, 0.717) is 0 Å². The van der Waals surface area contributed by atoms with Gasteiger partial charge in [0, 0.05) is 13.1 Å². The van der Waals surface area contributed by atoms with Crippen molar-refractivity contribution in [3.8, 4) is 0 Å². The smallest absolute Gasteiger partial charge is 0.0177 e. The second-order valence-electron chi connectivity index (χ2n) is 2.61. The van der Waals surface area contributed by atoms with Crippen molar-refractivity contribution >= 4 is 0 Å². The largest absolute Gasteiger partial charge is 0.313 e. The quantitative estimate of drug-likeness (QED) is 0.558. The molecular formula is C8H16N2. The van der Waals surface area contributed by atoms with Crippen molar-refractivity contribution in [1.82, 2.24) is 10.6 Å². The van der Waals surface area contributed by atoms with Gasteiger partial charge in [0.2, 0.25) is 0 Å².